The Morgan fingerprint density at radius 2 is 1.74 bits per heavy atom. The summed E-state index contributed by atoms with van der Waals surface area (Å²) in [6.45, 7) is 6.62. The van der Waals surface area contributed by atoms with Gasteiger partial charge in [-0.15, -0.1) is 11.8 Å². The monoisotopic (exact) mass is 500 g/mol. The SMILES string of the molecule is CC(C)CNC(=O)[C@@H](C)N(Cc1ccc(Cl)c(Cl)c1)C(=O)CSCc1cccc(Cl)c1. The Labute approximate surface area is 203 Å². The second-order valence-corrected chi connectivity index (χ2v) is 9.94. The number of benzene rings is 2. The molecular weight excluding hydrogens is 475 g/mol. The molecule has 4 nitrogen and oxygen atoms in total. The van der Waals surface area contributed by atoms with Crippen LogP contribution in [0.1, 0.15) is 31.9 Å². The summed E-state index contributed by atoms with van der Waals surface area (Å²) in [6.07, 6.45) is 0. The first-order valence-corrected chi connectivity index (χ1v) is 12.3. The van der Waals surface area contributed by atoms with Crippen LogP contribution in [-0.2, 0) is 21.9 Å². The second kappa shape index (κ2) is 12.6. The van der Waals surface area contributed by atoms with Gasteiger partial charge < -0.3 is 10.2 Å². The number of hydrogen-bond donors (Lipinski definition) is 1. The number of rotatable bonds is 10. The number of nitrogens with one attached hydrogen (secondary N) is 1. The summed E-state index contributed by atoms with van der Waals surface area (Å²) in [5, 5.41) is 4.44. The molecule has 168 valence electrons. The highest BCUT2D eigenvalue weighted by atomic mass is 35.5. The molecule has 0 unspecified atom stereocenters. The summed E-state index contributed by atoms with van der Waals surface area (Å²) in [6, 6.07) is 12.2. The van der Waals surface area contributed by atoms with Crippen molar-refractivity contribution in [2.45, 2.75) is 39.1 Å². The van der Waals surface area contributed by atoms with E-state index >= 15 is 0 Å². The summed E-state index contributed by atoms with van der Waals surface area (Å²) in [5.41, 5.74) is 1.86. The van der Waals surface area contributed by atoms with Gasteiger partial charge in [0.1, 0.15) is 6.04 Å². The van der Waals surface area contributed by atoms with Gasteiger partial charge in [0.05, 0.1) is 15.8 Å². The van der Waals surface area contributed by atoms with Crippen LogP contribution in [0.5, 0.6) is 0 Å². The molecular formula is C23H27Cl3N2O2S. The van der Waals surface area contributed by atoms with Crippen molar-refractivity contribution in [3.8, 4) is 0 Å². The Bertz CT molecular complexity index is 908. The molecule has 0 fully saturated rings. The van der Waals surface area contributed by atoms with Crippen molar-refractivity contribution in [2.24, 2.45) is 5.92 Å². The van der Waals surface area contributed by atoms with E-state index in [1.165, 1.54) is 11.8 Å². The van der Waals surface area contributed by atoms with Gasteiger partial charge in [0.15, 0.2) is 0 Å². The normalized spacial score (nSPS) is 12.0. The molecule has 0 aromatic heterocycles. The average Bonchev–Trinajstić information content (AvgIpc) is 2.72. The van der Waals surface area contributed by atoms with Crippen molar-refractivity contribution in [2.75, 3.05) is 12.3 Å². The first-order valence-electron chi connectivity index (χ1n) is 10.0. The van der Waals surface area contributed by atoms with E-state index in [1.807, 2.05) is 44.2 Å². The molecule has 0 heterocycles. The van der Waals surface area contributed by atoms with Crippen molar-refractivity contribution >= 4 is 58.4 Å². The molecule has 0 saturated heterocycles. The fourth-order valence-electron chi connectivity index (χ4n) is 2.84. The highest BCUT2D eigenvalue weighted by molar-refractivity contribution is 7.99. The van der Waals surface area contributed by atoms with Crippen LogP contribution in [0.4, 0.5) is 0 Å². The van der Waals surface area contributed by atoms with E-state index in [2.05, 4.69) is 5.32 Å². The Kier molecular flexibility index (Phi) is 10.5. The first-order chi connectivity index (χ1) is 14.7. The maximum Gasteiger partial charge on any atom is 0.242 e. The number of thioether (sulfide) groups is 1. The molecule has 2 amide bonds. The molecule has 0 aliphatic heterocycles. The zero-order valence-electron chi connectivity index (χ0n) is 17.8. The lowest BCUT2D eigenvalue weighted by atomic mass is 10.1. The van der Waals surface area contributed by atoms with Gasteiger partial charge in [0.2, 0.25) is 11.8 Å². The minimum absolute atomic E-state index is 0.120. The van der Waals surface area contributed by atoms with Gasteiger partial charge >= 0.3 is 0 Å². The molecule has 31 heavy (non-hydrogen) atoms. The second-order valence-electron chi connectivity index (χ2n) is 7.71. The van der Waals surface area contributed by atoms with Crippen molar-refractivity contribution in [1.29, 1.82) is 0 Å². The highest BCUT2D eigenvalue weighted by Gasteiger charge is 2.26. The maximum absolute atomic E-state index is 13.1. The molecule has 0 aliphatic rings. The first kappa shape index (κ1) is 25.9. The number of amides is 2. The van der Waals surface area contributed by atoms with Gasteiger partial charge in [-0.2, -0.15) is 0 Å². The molecule has 0 aliphatic carbocycles. The van der Waals surface area contributed by atoms with Crippen LogP contribution in [0.2, 0.25) is 15.1 Å². The third-order valence-corrected chi connectivity index (χ3v) is 6.53. The number of hydrogen-bond acceptors (Lipinski definition) is 3. The quantitative estimate of drug-likeness (QED) is 0.430. The van der Waals surface area contributed by atoms with E-state index in [0.717, 1.165) is 11.1 Å². The lowest BCUT2D eigenvalue weighted by Gasteiger charge is -2.29. The van der Waals surface area contributed by atoms with Gasteiger partial charge in [-0.1, -0.05) is 66.8 Å². The third kappa shape index (κ3) is 8.57. The summed E-state index contributed by atoms with van der Waals surface area (Å²) in [7, 11) is 0. The fraction of sp³-hybridized carbons (Fsp3) is 0.391. The highest BCUT2D eigenvalue weighted by Crippen LogP contribution is 2.24. The molecule has 1 N–H and O–H groups in total. The van der Waals surface area contributed by atoms with E-state index < -0.39 is 6.04 Å². The summed E-state index contributed by atoms with van der Waals surface area (Å²) in [5.74, 6) is 0.923. The summed E-state index contributed by atoms with van der Waals surface area (Å²) >= 11 is 19.7. The van der Waals surface area contributed by atoms with Gasteiger partial charge in [0.25, 0.3) is 0 Å². The number of halogens is 3. The molecule has 0 spiro atoms. The predicted octanol–water partition coefficient (Wildman–Crippen LogP) is 6.07. The molecule has 0 saturated carbocycles. The van der Waals surface area contributed by atoms with Gasteiger partial charge in [-0.25, -0.2) is 0 Å². The Hall–Kier alpha value is -1.40. The van der Waals surface area contributed by atoms with Gasteiger partial charge in [-0.3, -0.25) is 9.59 Å². The van der Waals surface area contributed by atoms with Gasteiger partial charge in [-0.05, 0) is 48.2 Å². The van der Waals surface area contributed by atoms with Crippen molar-refractivity contribution in [3.05, 3.63) is 68.7 Å². The van der Waals surface area contributed by atoms with E-state index in [-0.39, 0.29) is 24.1 Å². The topological polar surface area (TPSA) is 49.4 Å². The predicted molar refractivity (Wildman–Crippen MR) is 132 cm³/mol. The zero-order chi connectivity index (χ0) is 23.0. The number of carbonyl (C=O) groups is 2. The molecule has 1 atom stereocenters. The maximum atomic E-state index is 13.1. The van der Waals surface area contributed by atoms with Crippen LogP contribution in [0.3, 0.4) is 0 Å². The smallest absolute Gasteiger partial charge is 0.242 e. The van der Waals surface area contributed by atoms with Gasteiger partial charge in [0, 0.05) is 23.9 Å². The Morgan fingerprint density at radius 1 is 1.00 bits per heavy atom. The van der Waals surface area contributed by atoms with Crippen LogP contribution >= 0.6 is 46.6 Å². The lowest BCUT2D eigenvalue weighted by Crippen LogP contribution is -2.48. The molecule has 2 rings (SSSR count). The van der Waals surface area contributed by atoms with Crippen molar-refractivity contribution in [3.63, 3.8) is 0 Å². The van der Waals surface area contributed by atoms with Crippen LogP contribution < -0.4 is 5.32 Å². The van der Waals surface area contributed by atoms with Crippen molar-refractivity contribution in [1.82, 2.24) is 10.2 Å². The summed E-state index contributed by atoms with van der Waals surface area (Å²) in [4.78, 5) is 27.3. The largest absolute Gasteiger partial charge is 0.354 e. The number of nitrogens with zero attached hydrogens (tertiary/aromatic N) is 1. The van der Waals surface area contributed by atoms with Crippen molar-refractivity contribution < 1.29 is 9.59 Å². The minimum atomic E-state index is -0.618. The standard InChI is InChI=1S/C23H27Cl3N2O2S/c1-15(2)11-27-23(30)16(3)28(12-17-7-8-20(25)21(26)10-17)22(29)14-31-13-18-5-4-6-19(24)9-18/h4-10,15-16H,11-14H2,1-3H3,(H,27,30)/t16-/m1/s1. The molecule has 0 radical (unpaired) electrons. The van der Waals surface area contributed by atoms with E-state index in [1.54, 1.807) is 24.0 Å². The molecule has 2 aromatic rings. The lowest BCUT2D eigenvalue weighted by molar-refractivity contribution is -0.138. The van der Waals surface area contributed by atoms with Crippen LogP contribution in [-0.4, -0.2) is 35.1 Å². The molecule has 8 heteroatoms. The number of carbonyl (C=O) groups excluding carboxylic acids is 2. The van der Waals surface area contributed by atoms with E-state index in [9.17, 15) is 9.59 Å². The van der Waals surface area contributed by atoms with Crippen LogP contribution in [0.25, 0.3) is 0 Å². The Morgan fingerprint density at radius 3 is 2.39 bits per heavy atom. The Balaban J connectivity index is 2.09. The van der Waals surface area contributed by atoms with E-state index in [4.69, 9.17) is 34.8 Å². The molecule has 2 aromatic carbocycles. The van der Waals surface area contributed by atoms with Crippen LogP contribution in [0, 0.1) is 5.92 Å². The minimum Gasteiger partial charge on any atom is -0.354 e. The van der Waals surface area contributed by atoms with E-state index in [0.29, 0.717) is 33.3 Å². The van der Waals surface area contributed by atoms with Crippen LogP contribution in [0.15, 0.2) is 42.5 Å². The zero-order valence-corrected chi connectivity index (χ0v) is 20.9. The average molecular weight is 502 g/mol. The summed E-state index contributed by atoms with van der Waals surface area (Å²) < 4.78 is 0. The third-order valence-electron chi connectivity index (χ3n) is 4.57. The fourth-order valence-corrected chi connectivity index (χ4v) is 4.23. The molecule has 0 bridgehead atoms.